The lowest BCUT2D eigenvalue weighted by molar-refractivity contribution is 0.672. The second-order valence-corrected chi connectivity index (χ2v) is 9.91. The van der Waals surface area contributed by atoms with Gasteiger partial charge in [-0.2, -0.15) is 0 Å². The van der Waals surface area contributed by atoms with Crippen molar-refractivity contribution in [2.45, 2.75) is 0 Å². The van der Waals surface area contributed by atoms with Crippen LogP contribution in [0.4, 0.5) is 0 Å². The van der Waals surface area contributed by atoms with E-state index in [1.54, 1.807) is 12.4 Å². The fourth-order valence-corrected chi connectivity index (χ4v) is 5.46. The normalized spacial score (nSPS) is 11.4. The van der Waals surface area contributed by atoms with E-state index in [0.717, 1.165) is 78.0 Å². The molecule has 5 heteroatoms. The zero-order valence-corrected chi connectivity index (χ0v) is 21.9. The first-order chi connectivity index (χ1) is 20.3. The van der Waals surface area contributed by atoms with Crippen LogP contribution < -0.4 is 0 Å². The van der Waals surface area contributed by atoms with E-state index in [9.17, 15) is 0 Å². The third kappa shape index (κ3) is 4.03. The highest BCUT2D eigenvalue weighted by molar-refractivity contribution is 6.19. The van der Waals surface area contributed by atoms with E-state index in [2.05, 4.69) is 58.5 Å². The maximum Gasteiger partial charge on any atom is 0.143 e. The Labute approximate surface area is 235 Å². The Morgan fingerprint density at radius 3 is 1.73 bits per heavy atom. The van der Waals surface area contributed by atoms with Gasteiger partial charge in [-0.05, 0) is 78.2 Å². The van der Waals surface area contributed by atoms with Crippen LogP contribution in [0.25, 0.3) is 78.0 Å². The van der Waals surface area contributed by atoms with E-state index >= 15 is 0 Å². The summed E-state index contributed by atoms with van der Waals surface area (Å²) in [6, 6.07) is 40.7. The van der Waals surface area contributed by atoms with Crippen molar-refractivity contribution in [3.63, 3.8) is 0 Å². The summed E-state index contributed by atoms with van der Waals surface area (Å²) >= 11 is 0. The fraction of sp³-hybridized carbons (Fsp3) is 0. The SMILES string of the molecule is c1ccc(-c2cccc(-c3ccc4oc5c6ccccc6c(-c6cccc(-c7ccccn7)n6)cc5c4c3)n2)nc1. The Balaban J connectivity index is 1.32. The number of benzene rings is 3. The maximum absolute atomic E-state index is 6.47. The van der Waals surface area contributed by atoms with E-state index in [-0.39, 0.29) is 0 Å². The maximum atomic E-state index is 6.47. The van der Waals surface area contributed by atoms with Gasteiger partial charge in [0.2, 0.25) is 0 Å². The summed E-state index contributed by atoms with van der Waals surface area (Å²) < 4.78 is 6.47. The molecule has 0 aliphatic heterocycles. The minimum absolute atomic E-state index is 0.835. The van der Waals surface area contributed by atoms with Crippen molar-refractivity contribution in [3.8, 4) is 45.3 Å². The van der Waals surface area contributed by atoms with Gasteiger partial charge in [0.25, 0.3) is 0 Å². The largest absolute Gasteiger partial charge is 0.455 e. The smallest absolute Gasteiger partial charge is 0.143 e. The van der Waals surface area contributed by atoms with Crippen molar-refractivity contribution in [2.75, 3.05) is 0 Å². The summed E-state index contributed by atoms with van der Waals surface area (Å²) in [5, 5.41) is 4.23. The fourth-order valence-electron chi connectivity index (χ4n) is 5.46. The Morgan fingerprint density at radius 1 is 0.415 bits per heavy atom. The minimum atomic E-state index is 0.835. The lowest BCUT2D eigenvalue weighted by atomic mass is 9.97. The molecular formula is C36H22N4O. The Kier molecular flexibility index (Phi) is 5.38. The van der Waals surface area contributed by atoms with Gasteiger partial charge in [0.05, 0.1) is 34.2 Å². The van der Waals surface area contributed by atoms with Crippen LogP contribution in [0.5, 0.6) is 0 Å². The predicted molar refractivity (Wildman–Crippen MR) is 164 cm³/mol. The van der Waals surface area contributed by atoms with Crippen LogP contribution in [-0.4, -0.2) is 19.9 Å². The summed E-state index contributed by atoms with van der Waals surface area (Å²) in [6.07, 6.45) is 3.58. The number of hydrogen-bond donors (Lipinski definition) is 0. The number of rotatable bonds is 4. The van der Waals surface area contributed by atoms with Crippen LogP contribution in [-0.2, 0) is 0 Å². The Bertz CT molecular complexity index is 2210. The van der Waals surface area contributed by atoms with Crippen molar-refractivity contribution in [3.05, 3.63) is 134 Å². The average molecular weight is 527 g/mol. The summed E-state index contributed by atoms with van der Waals surface area (Å²) in [4.78, 5) is 18.9. The van der Waals surface area contributed by atoms with E-state index in [4.69, 9.17) is 14.4 Å². The molecule has 41 heavy (non-hydrogen) atoms. The number of fused-ring (bicyclic) bond motifs is 5. The molecule has 0 saturated heterocycles. The number of hydrogen-bond acceptors (Lipinski definition) is 5. The lowest BCUT2D eigenvalue weighted by Gasteiger charge is -2.09. The average Bonchev–Trinajstić information content (AvgIpc) is 3.43. The second kappa shape index (κ2) is 9.50. The zero-order valence-electron chi connectivity index (χ0n) is 21.9. The molecule has 0 unspecified atom stereocenters. The summed E-state index contributed by atoms with van der Waals surface area (Å²) in [5.74, 6) is 0. The van der Waals surface area contributed by atoms with Crippen molar-refractivity contribution in [2.24, 2.45) is 0 Å². The van der Waals surface area contributed by atoms with Crippen molar-refractivity contribution < 1.29 is 4.42 Å². The standard InChI is InChI=1S/C36H22N4O/c1-2-10-25-24(9-1)26(30-14-8-16-34(40-30)32-12-4-6-20-38-32)22-28-27-21-23(17-18-35(27)41-36(25)28)29-13-7-15-33(39-29)31-11-3-5-19-37-31/h1-22H. The number of nitrogens with zero attached hydrogens (tertiary/aromatic N) is 4. The van der Waals surface area contributed by atoms with E-state index < -0.39 is 0 Å². The van der Waals surface area contributed by atoms with Crippen LogP contribution in [0, 0.1) is 0 Å². The molecule has 0 atom stereocenters. The topological polar surface area (TPSA) is 64.7 Å². The summed E-state index contributed by atoms with van der Waals surface area (Å²) in [6.45, 7) is 0. The number of pyridine rings is 4. The molecule has 5 nitrogen and oxygen atoms in total. The molecule has 8 rings (SSSR count). The first kappa shape index (κ1) is 23.2. The Hall–Kier alpha value is -5.68. The van der Waals surface area contributed by atoms with Crippen LogP contribution in [0.1, 0.15) is 0 Å². The quantitative estimate of drug-likeness (QED) is 0.229. The van der Waals surface area contributed by atoms with Gasteiger partial charge < -0.3 is 4.42 Å². The van der Waals surface area contributed by atoms with Crippen molar-refractivity contribution >= 4 is 32.7 Å². The first-order valence-electron chi connectivity index (χ1n) is 13.5. The van der Waals surface area contributed by atoms with Crippen LogP contribution in [0.2, 0.25) is 0 Å². The van der Waals surface area contributed by atoms with Crippen LogP contribution in [0.15, 0.2) is 138 Å². The predicted octanol–water partition coefficient (Wildman–Crippen LogP) is 8.99. The van der Waals surface area contributed by atoms with E-state index in [1.165, 1.54) is 0 Å². The number of aromatic nitrogens is 4. The molecule has 0 radical (unpaired) electrons. The molecule has 5 aromatic heterocycles. The van der Waals surface area contributed by atoms with Gasteiger partial charge in [-0.3, -0.25) is 9.97 Å². The van der Waals surface area contributed by atoms with Crippen LogP contribution >= 0.6 is 0 Å². The first-order valence-corrected chi connectivity index (χ1v) is 13.5. The molecule has 0 N–H and O–H groups in total. The monoisotopic (exact) mass is 526 g/mol. The highest BCUT2D eigenvalue weighted by Gasteiger charge is 2.17. The van der Waals surface area contributed by atoms with Crippen molar-refractivity contribution in [1.29, 1.82) is 0 Å². The van der Waals surface area contributed by atoms with Gasteiger partial charge in [0.1, 0.15) is 11.2 Å². The number of furan rings is 1. The Morgan fingerprint density at radius 2 is 1.02 bits per heavy atom. The van der Waals surface area contributed by atoms with Gasteiger partial charge >= 0.3 is 0 Å². The highest BCUT2D eigenvalue weighted by atomic mass is 16.3. The van der Waals surface area contributed by atoms with Gasteiger partial charge in [-0.15, -0.1) is 0 Å². The molecule has 0 fully saturated rings. The van der Waals surface area contributed by atoms with E-state index in [0.29, 0.717) is 0 Å². The molecule has 192 valence electrons. The molecule has 5 heterocycles. The minimum Gasteiger partial charge on any atom is -0.455 e. The third-order valence-electron chi connectivity index (χ3n) is 7.40. The molecule has 0 bridgehead atoms. The second-order valence-electron chi connectivity index (χ2n) is 9.91. The van der Waals surface area contributed by atoms with Crippen molar-refractivity contribution in [1.82, 2.24) is 19.9 Å². The summed E-state index contributed by atoms with van der Waals surface area (Å²) in [5.41, 5.74) is 8.92. The van der Waals surface area contributed by atoms with Crippen LogP contribution in [0.3, 0.4) is 0 Å². The van der Waals surface area contributed by atoms with Gasteiger partial charge in [-0.25, -0.2) is 9.97 Å². The molecule has 3 aromatic carbocycles. The zero-order chi connectivity index (χ0) is 27.2. The van der Waals surface area contributed by atoms with Gasteiger partial charge in [-0.1, -0.05) is 48.5 Å². The summed E-state index contributed by atoms with van der Waals surface area (Å²) in [7, 11) is 0. The highest BCUT2D eigenvalue weighted by Crippen LogP contribution is 2.40. The third-order valence-corrected chi connectivity index (χ3v) is 7.40. The van der Waals surface area contributed by atoms with Gasteiger partial charge in [0, 0.05) is 39.7 Å². The molecular weight excluding hydrogens is 504 g/mol. The molecule has 0 spiro atoms. The molecule has 0 aliphatic carbocycles. The van der Waals surface area contributed by atoms with E-state index in [1.807, 2.05) is 72.8 Å². The molecule has 0 aliphatic rings. The molecule has 0 amide bonds. The molecule has 8 aromatic rings. The van der Waals surface area contributed by atoms with Gasteiger partial charge in [0.15, 0.2) is 0 Å². The molecule has 0 saturated carbocycles. The lowest BCUT2D eigenvalue weighted by Crippen LogP contribution is -1.91.